The van der Waals surface area contributed by atoms with Gasteiger partial charge in [-0.2, -0.15) is 5.26 Å². The van der Waals surface area contributed by atoms with Crippen LogP contribution in [0.2, 0.25) is 0 Å². The van der Waals surface area contributed by atoms with Gasteiger partial charge in [-0.05, 0) is 103 Å². The fourth-order valence-electron chi connectivity index (χ4n) is 11.1. The normalized spacial score (nSPS) is 25.3. The molecule has 448 valence electrons. The molecule has 3 aromatic carbocycles. The Kier molecular flexibility index (Phi) is 19.4. The number of hydrogen-bond acceptors (Lipinski definition) is 17. The summed E-state index contributed by atoms with van der Waals surface area (Å²) in [4.78, 5) is 89.9. The molecule has 0 radical (unpaired) electrons. The second kappa shape index (κ2) is 25.4. The number of amides is 3. The van der Waals surface area contributed by atoms with Crippen LogP contribution in [0.15, 0.2) is 54.6 Å². The van der Waals surface area contributed by atoms with Gasteiger partial charge < -0.3 is 58.0 Å². The van der Waals surface area contributed by atoms with Crippen LogP contribution in [0.4, 0.5) is 11.4 Å². The van der Waals surface area contributed by atoms with Gasteiger partial charge in [-0.1, -0.05) is 12.1 Å². The van der Waals surface area contributed by atoms with Crippen molar-refractivity contribution in [3.05, 3.63) is 99.7 Å². The third kappa shape index (κ3) is 14.8. The van der Waals surface area contributed by atoms with Gasteiger partial charge in [0.2, 0.25) is 17.7 Å². The molecule has 9 rings (SSSR count). The molecule has 0 aromatic heterocycles. The Morgan fingerprint density at radius 2 is 0.892 bits per heavy atom. The third-order valence-corrected chi connectivity index (χ3v) is 17.3. The van der Waals surface area contributed by atoms with Crippen molar-refractivity contribution in [2.75, 3.05) is 59.3 Å². The first kappa shape index (κ1) is 63.2. The monoisotopic (exact) mass is 1210 g/mol. The summed E-state index contributed by atoms with van der Waals surface area (Å²) in [7, 11) is -14.3. The highest BCUT2D eigenvalue weighted by molar-refractivity contribution is 7.47. The lowest BCUT2D eigenvalue weighted by atomic mass is 9.85. The molecule has 26 nitrogen and oxygen atoms in total. The van der Waals surface area contributed by atoms with Crippen molar-refractivity contribution in [1.29, 1.82) is 5.26 Å². The van der Waals surface area contributed by atoms with Crippen LogP contribution in [0.5, 0.6) is 17.2 Å². The van der Waals surface area contributed by atoms with Gasteiger partial charge in [0, 0.05) is 55.6 Å². The zero-order valence-corrected chi connectivity index (χ0v) is 49.3. The lowest BCUT2D eigenvalue weighted by molar-refractivity contribution is -0.139. The molecule has 6 aliphatic rings. The van der Waals surface area contributed by atoms with E-state index in [0.29, 0.717) is 109 Å². The predicted molar refractivity (Wildman–Crippen MR) is 292 cm³/mol. The van der Waals surface area contributed by atoms with Crippen molar-refractivity contribution in [1.82, 2.24) is 14.7 Å². The molecule has 0 aliphatic carbocycles. The summed E-state index contributed by atoms with van der Waals surface area (Å²) in [5.41, 5.74) is -0.875. The molecule has 8 atom stereocenters. The first-order chi connectivity index (χ1) is 39.1. The van der Waals surface area contributed by atoms with Gasteiger partial charge in [-0.25, -0.2) is 23.4 Å². The fourth-order valence-corrected chi connectivity index (χ4v) is 13.8. The van der Waals surface area contributed by atoms with Crippen molar-refractivity contribution < 1.29 is 94.0 Å². The van der Waals surface area contributed by atoms with Crippen molar-refractivity contribution in [2.24, 2.45) is 0 Å². The molecule has 2 unspecified atom stereocenters. The average Bonchev–Trinajstić information content (AvgIpc) is 4.15. The largest absolute Gasteiger partial charge is 0.485 e. The molecule has 3 amide bonds. The molecule has 6 aliphatic heterocycles. The first-order valence-electron chi connectivity index (χ1n) is 26.8. The van der Waals surface area contributed by atoms with Gasteiger partial charge in [0.25, 0.3) is 0 Å². The highest BCUT2D eigenvalue weighted by Gasteiger charge is 2.55. The zero-order chi connectivity index (χ0) is 60.3. The smallest absolute Gasteiger partial charge is 0.472 e. The summed E-state index contributed by atoms with van der Waals surface area (Å²) in [5, 5.41) is 9.51. The highest BCUT2D eigenvalue weighted by atomic mass is 31.2. The Labute approximate surface area is 480 Å². The van der Waals surface area contributed by atoms with E-state index < -0.39 is 76.7 Å². The summed E-state index contributed by atoms with van der Waals surface area (Å²) in [6.45, 7) is 25.2. The quantitative estimate of drug-likeness (QED) is 0.0472. The standard InChI is InChI=1S/C38H48N4O14P2.C16H19N2O6P/c1-37(2)35(33(41-14-6-8-31(41)43)27-22-25(24-39)10-12-29(27)53-37)55-57(45,46)51-20-18-49-16-17-50-19-21-52-58(47,48)56-36-34(42-15-7-9-32(42)44)28-23-26(40-5)11-13-30(28)54-38(36,3)4;1-16(2)15(24-25(20,21)22)14(18-8-4-5-13(18)19)11-9-10(17-3)6-7-12(11)23-16/h10-13,22-23,33-36H,6-9,14-21H2,1-4H3,(H,45,46)(H,47,48);6-7,9,14-15H,4-5,8H2,1-2H3,(H2,20,21,22)/t33-,34-,35+,36+;14-,15+/m11/s1. The summed E-state index contributed by atoms with van der Waals surface area (Å²) in [6, 6.07) is 14.2. The van der Waals surface area contributed by atoms with Crippen LogP contribution in [-0.4, -0.2) is 146 Å². The van der Waals surface area contributed by atoms with Crippen LogP contribution in [0, 0.1) is 24.5 Å². The van der Waals surface area contributed by atoms with Gasteiger partial charge in [0.15, 0.2) is 11.4 Å². The second-order valence-corrected chi connectivity index (χ2v) is 26.0. The number of phosphoric acid groups is 3. The van der Waals surface area contributed by atoms with E-state index in [2.05, 4.69) is 15.8 Å². The minimum atomic E-state index is -4.82. The molecule has 0 bridgehead atoms. The number of carbonyl (C=O) groups excluding carboxylic acids is 3. The van der Waals surface area contributed by atoms with E-state index >= 15 is 0 Å². The first-order valence-corrected chi connectivity index (χ1v) is 31.3. The number of ether oxygens (including phenoxy) is 5. The summed E-state index contributed by atoms with van der Waals surface area (Å²) < 4.78 is 93.9. The topological polar surface area (TPSA) is 318 Å². The maximum Gasteiger partial charge on any atom is 0.472 e. The molecule has 3 fully saturated rings. The molecule has 29 heteroatoms. The van der Waals surface area contributed by atoms with Crippen LogP contribution < -0.4 is 14.2 Å². The van der Waals surface area contributed by atoms with Crippen molar-refractivity contribution >= 4 is 52.6 Å². The number of fused-ring (bicyclic) bond motifs is 3. The molecule has 3 saturated heterocycles. The van der Waals surface area contributed by atoms with E-state index in [1.54, 1.807) is 111 Å². The number of carbonyl (C=O) groups is 3. The van der Waals surface area contributed by atoms with Crippen LogP contribution >= 0.6 is 23.5 Å². The van der Waals surface area contributed by atoms with Crippen molar-refractivity contribution in [3.8, 4) is 23.3 Å². The van der Waals surface area contributed by atoms with Gasteiger partial charge in [0.05, 0.1) is 82.5 Å². The van der Waals surface area contributed by atoms with E-state index in [-0.39, 0.29) is 57.4 Å². The van der Waals surface area contributed by atoms with Crippen LogP contribution in [-0.2, 0) is 60.2 Å². The molecule has 6 heterocycles. The lowest BCUT2D eigenvalue weighted by Gasteiger charge is -2.47. The van der Waals surface area contributed by atoms with Gasteiger partial charge in [-0.15, -0.1) is 0 Å². The maximum atomic E-state index is 13.2. The van der Waals surface area contributed by atoms with E-state index in [0.717, 1.165) is 0 Å². The zero-order valence-electron chi connectivity index (χ0n) is 46.6. The van der Waals surface area contributed by atoms with Crippen LogP contribution in [0.1, 0.15) is 120 Å². The van der Waals surface area contributed by atoms with Crippen molar-refractivity contribution in [2.45, 2.75) is 133 Å². The van der Waals surface area contributed by atoms with Gasteiger partial charge in [0.1, 0.15) is 52.4 Å². The molecule has 4 N–H and O–H groups in total. The van der Waals surface area contributed by atoms with E-state index in [4.69, 9.17) is 59.4 Å². The number of benzene rings is 3. The van der Waals surface area contributed by atoms with Gasteiger partial charge >= 0.3 is 23.5 Å². The molecule has 0 spiro atoms. The van der Waals surface area contributed by atoms with E-state index in [9.17, 15) is 52.9 Å². The van der Waals surface area contributed by atoms with Crippen LogP contribution in [0.3, 0.4) is 0 Å². The maximum absolute atomic E-state index is 13.2. The SMILES string of the molecule is [C-]#[N+]c1ccc2c(c1)[C@@H](N1CCCC1=O)[C@H](OP(=O)(O)O)C(C)(C)O2.[C-]#[N+]c1ccc2c(c1)[C@@H](N1CCCC1=O)[C@H](OP(=O)(O)OCCOCCOCCOP(=O)(O)O[C@H]1[C@H](N3CCCC3=O)c3cc(C#N)ccc3OC1(C)C)C(C)(C)O2. The third-order valence-electron chi connectivity index (χ3n) is 14.8. The Morgan fingerprint density at radius 1 is 0.554 bits per heavy atom. The van der Waals surface area contributed by atoms with Gasteiger partial charge in [-0.3, -0.25) is 37.0 Å². The molecular formula is C54H67N6O20P3. The Morgan fingerprint density at radius 3 is 1.22 bits per heavy atom. The number of phosphoric ester groups is 3. The summed E-state index contributed by atoms with van der Waals surface area (Å²) >= 11 is 0. The lowest BCUT2D eigenvalue weighted by Crippen LogP contribution is -2.54. The average molecular weight is 1210 g/mol. The minimum Gasteiger partial charge on any atom is -0.485 e. The van der Waals surface area contributed by atoms with Crippen LogP contribution in [0.25, 0.3) is 9.69 Å². The molecule has 0 saturated carbocycles. The van der Waals surface area contributed by atoms with Crippen molar-refractivity contribution in [3.63, 3.8) is 0 Å². The number of nitriles is 1. The van der Waals surface area contributed by atoms with E-state index in [1.807, 2.05) is 0 Å². The molecular weight excluding hydrogens is 1150 g/mol. The Hall–Kier alpha value is -5.81. The predicted octanol–water partition coefficient (Wildman–Crippen LogP) is 8.07. The minimum absolute atomic E-state index is 0.0407. The fraction of sp³-hybridized carbons (Fsp3) is 0.556. The molecule has 83 heavy (non-hydrogen) atoms. The Balaban J connectivity index is 0.000000299. The number of likely N-dealkylation sites (tertiary alicyclic amines) is 3. The second-order valence-electron chi connectivity index (χ2n) is 22.0. The highest BCUT2D eigenvalue weighted by Crippen LogP contribution is 2.57. The number of rotatable bonds is 20. The number of hydrogen-bond donors (Lipinski definition) is 4. The summed E-state index contributed by atoms with van der Waals surface area (Å²) in [6.07, 6.45) is -0.440. The molecule has 3 aromatic rings. The number of nitrogens with zero attached hydrogens (tertiary/aromatic N) is 6. The van der Waals surface area contributed by atoms with E-state index in [1.165, 1.54) is 0 Å². The Bertz CT molecular complexity index is 3080. The summed E-state index contributed by atoms with van der Waals surface area (Å²) in [5.74, 6) is 0.968.